The molecule has 0 bridgehead atoms. The zero-order chi connectivity index (χ0) is 11.7. The summed E-state index contributed by atoms with van der Waals surface area (Å²) in [5.41, 5.74) is 8.75. The minimum atomic E-state index is 0.627. The Balaban J connectivity index is 1.95. The highest BCUT2D eigenvalue weighted by atomic mass is 16.5. The fourth-order valence-electron chi connectivity index (χ4n) is 3.43. The summed E-state index contributed by atoms with van der Waals surface area (Å²) in [5, 5.41) is 0. The van der Waals surface area contributed by atoms with Gasteiger partial charge in [-0.25, -0.2) is 0 Å². The average molecular weight is 231 g/mol. The summed E-state index contributed by atoms with van der Waals surface area (Å²) in [6.45, 7) is 1.67. The molecule has 2 nitrogen and oxygen atoms in total. The van der Waals surface area contributed by atoms with Crippen LogP contribution in [-0.2, 0) is 6.42 Å². The molecular weight excluding hydrogens is 210 g/mol. The second kappa shape index (κ2) is 4.69. The summed E-state index contributed by atoms with van der Waals surface area (Å²) < 4.78 is 5.83. The highest BCUT2D eigenvalue weighted by molar-refractivity contribution is 5.46. The van der Waals surface area contributed by atoms with Crippen LogP contribution in [0.2, 0.25) is 0 Å². The van der Waals surface area contributed by atoms with Gasteiger partial charge in [0.15, 0.2) is 0 Å². The van der Waals surface area contributed by atoms with Gasteiger partial charge in [0.05, 0.1) is 6.61 Å². The maximum atomic E-state index is 5.94. The predicted molar refractivity (Wildman–Crippen MR) is 69.4 cm³/mol. The smallest absolute Gasteiger partial charge is 0.126 e. The molecule has 1 aromatic carbocycles. The van der Waals surface area contributed by atoms with E-state index in [1.165, 1.54) is 42.6 Å². The van der Waals surface area contributed by atoms with Crippen LogP contribution in [0.4, 0.5) is 0 Å². The third kappa shape index (κ3) is 1.95. The standard InChI is InChI=1S/C15H21NO/c16-10-12-4-1-2-6-13(12)14-7-3-5-11-8-9-17-15(11)14/h3,5,7,12-13H,1-2,4,6,8-10,16H2. The quantitative estimate of drug-likeness (QED) is 0.849. The van der Waals surface area contributed by atoms with Gasteiger partial charge in [-0.3, -0.25) is 0 Å². The second-order valence-corrected chi connectivity index (χ2v) is 5.32. The van der Waals surface area contributed by atoms with Gasteiger partial charge in [0, 0.05) is 6.42 Å². The first-order chi connectivity index (χ1) is 8.40. The van der Waals surface area contributed by atoms with E-state index in [0.29, 0.717) is 11.8 Å². The maximum absolute atomic E-state index is 5.94. The van der Waals surface area contributed by atoms with Crippen LogP contribution in [-0.4, -0.2) is 13.2 Å². The number of ether oxygens (including phenoxy) is 1. The summed E-state index contributed by atoms with van der Waals surface area (Å²) in [5.74, 6) is 2.46. The van der Waals surface area contributed by atoms with E-state index in [1.807, 2.05) is 0 Å². The van der Waals surface area contributed by atoms with E-state index in [1.54, 1.807) is 0 Å². The SMILES string of the molecule is NCC1CCCCC1c1cccc2c1OCC2. The predicted octanol–water partition coefficient (Wildman–Crippen LogP) is 2.85. The fourth-order valence-corrected chi connectivity index (χ4v) is 3.43. The van der Waals surface area contributed by atoms with E-state index in [-0.39, 0.29) is 0 Å². The summed E-state index contributed by atoms with van der Waals surface area (Å²) in [6.07, 6.45) is 6.31. The Morgan fingerprint density at radius 2 is 2.12 bits per heavy atom. The van der Waals surface area contributed by atoms with Crippen LogP contribution in [0, 0.1) is 5.92 Å². The molecule has 0 saturated heterocycles. The van der Waals surface area contributed by atoms with Crippen molar-refractivity contribution in [1.82, 2.24) is 0 Å². The third-order valence-corrected chi connectivity index (χ3v) is 4.36. The molecule has 0 spiro atoms. The summed E-state index contributed by atoms with van der Waals surface area (Å²) in [7, 11) is 0. The highest BCUT2D eigenvalue weighted by Gasteiger charge is 2.29. The lowest BCUT2D eigenvalue weighted by molar-refractivity contribution is 0.298. The van der Waals surface area contributed by atoms with Crippen LogP contribution in [0.15, 0.2) is 18.2 Å². The van der Waals surface area contributed by atoms with Crippen LogP contribution in [0.25, 0.3) is 0 Å². The molecule has 2 N–H and O–H groups in total. The van der Waals surface area contributed by atoms with Crippen molar-refractivity contribution in [3.05, 3.63) is 29.3 Å². The second-order valence-electron chi connectivity index (χ2n) is 5.32. The molecule has 2 heteroatoms. The molecule has 92 valence electrons. The van der Waals surface area contributed by atoms with Gasteiger partial charge in [-0.05, 0) is 42.3 Å². The van der Waals surface area contributed by atoms with Gasteiger partial charge in [0.2, 0.25) is 0 Å². The molecule has 0 radical (unpaired) electrons. The van der Waals surface area contributed by atoms with Gasteiger partial charge in [0.1, 0.15) is 5.75 Å². The number of rotatable bonds is 2. The molecule has 2 atom stereocenters. The number of para-hydroxylation sites is 1. The lowest BCUT2D eigenvalue weighted by Gasteiger charge is -2.31. The molecule has 1 aromatic rings. The zero-order valence-electron chi connectivity index (χ0n) is 10.3. The maximum Gasteiger partial charge on any atom is 0.126 e. The van der Waals surface area contributed by atoms with E-state index >= 15 is 0 Å². The first-order valence-electron chi connectivity index (χ1n) is 6.85. The van der Waals surface area contributed by atoms with Crippen molar-refractivity contribution in [2.24, 2.45) is 11.7 Å². The minimum absolute atomic E-state index is 0.627. The number of hydrogen-bond donors (Lipinski definition) is 1. The van der Waals surface area contributed by atoms with Gasteiger partial charge in [-0.15, -0.1) is 0 Å². The molecular formula is C15H21NO. The van der Waals surface area contributed by atoms with Crippen molar-refractivity contribution >= 4 is 0 Å². The molecule has 2 unspecified atom stereocenters. The van der Waals surface area contributed by atoms with Crippen LogP contribution >= 0.6 is 0 Å². The molecule has 3 rings (SSSR count). The number of fused-ring (bicyclic) bond motifs is 1. The summed E-state index contributed by atoms with van der Waals surface area (Å²) >= 11 is 0. The molecule has 1 aliphatic heterocycles. The Hall–Kier alpha value is -1.02. The zero-order valence-corrected chi connectivity index (χ0v) is 10.3. The average Bonchev–Trinajstić information content (AvgIpc) is 2.86. The summed E-state index contributed by atoms with van der Waals surface area (Å²) in [6, 6.07) is 6.64. The number of nitrogens with two attached hydrogens (primary N) is 1. The van der Waals surface area contributed by atoms with E-state index < -0.39 is 0 Å². The monoisotopic (exact) mass is 231 g/mol. The lowest BCUT2D eigenvalue weighted by Crippen LogP contribution is -2.25. The minimum Gasteiger partial charge on any atom is -0.493 e. The number of hydrogen-bond acceptors (Lipinski definition) is 2. The van der Waals surface area contributed by atoms with Crippen LogP contribution in [0.3, 0.4) is 0 Å². The number of benzene rings is 1. The molecule has 1 saturated carbocycles. The Kier molecular flexibility index (Phi) is 3.06. The molecule has 0 amide bonds. The Bertz CT molecular complexity index is 402. The normalized spacial score (nSPS) is 27.6. The molecule has 17 heavy (non-hydrogen) atoms. The van der Waals surface area contributed by atoms with Crippen LogP contribution < -0.4 is 10.5 Å². The molecule has 1 fully saturated rings. The van der Waals surface area contributed by atoms with Crippen LogP contribution in [0.5, 0.6) is 5.75 Å². The van der Waals surface area contributed by atoms with Crippen molar-refractivity contribution < 1.29 is 4.74 Å². The highest BCUT2D eigenvalue weighted by Crippen LogP contribution is 2.43. The van der Waals surface area contributed by atoms with Crippen molar-refractivity contribution in [3.63, 3.8) is 0 Å². The Morgan fingerprint density at radius 3 is 3.00 bits per heavy atom. The summed E-state index contributed by atoms with van der Waals surface area (Å²) in [4.78, 5) is 0. The molecule has 0 aromatic heterocycles. The van der Waals surface area contributed by atoms with Crippen molar-refractivity contribution in [3.8, 4) is 5.75 Å². The molecule has 1 aliphatic carbocycles. The van der Waals surface area contributed by atoms with Crippen molar-refractivity contribution in [1.29, 1.82) is 0 Å². The van der Waals surface area contributed by atoms with E-state index in [4.69, 9.17) is 10.5 Å². The van der Waals surface area contributed by atoms with Crippen molar-refractivity contribution in [2.45, 2.75) is 38.0 Å². The first kappa shape index (κ1) is 11.1. The fraction of sp³-hybridized carbons (Fsp3) is 0.600. The van der Waals surface area contributed by atoms with Gasteiger partial charge in [-0.1, -0.05) is 31.0 Å². The van der Waals surface area contributed by atoms with E-state index in [2.05, 4.69) is 18.2 Å². The van der Waals surface area contributed by atoms with Crippen LogP contribution in [0.1, 0.15) is 42.7 Å². The third-order valence-electron chi connectivity index (χ3n) is 4.36. The van der Waals surface area contributed by atoms with Gasteiger partial charge in [0.25, 0.3) is 0 Å². The first-order valence-corrected chi connectivity index (χ1v) is 6.85. The lowest BCUT2D eigenvalue weighted by atomic mass is 9.75. The van der Waals surface area contributed by atoms with Gasteiger partial charge >= 0.3 is 0 Å². The van der Waals surface area contributed by atoms with Gasteiger partial charge in [-0.2, -0.15) is 0 Å². The van der Waals surface area contributed by atoms with Gasteiger partial charge < -0.3 is 10.5 Å². The topological polar surface area (TPSA) is 35.2 Å². The Labute approximate surface area is 103 Å². The Morgan fingerprint density at radius 1 is 1.24 bits per heavy atom. The van der Waals surface area contributed by atoms with Crippen molar-refractivity contribution in [2.75, 3.05) is 13.2 Å². The molecule has 2 aliphatic rings. The van der Waals surface area contributed by atoms with E-state index in [9.17, 15) is 0 Å². The largest absolute Gasteiger partial charge is 0.493 e. The van der Waals surface area contributed by atoms with E-state index in [0.717, 1.165) is 19.6 Å². The molecule has 1 heterocycles.